The van der Waals surface area contributed by atoms with E-state index in [-0.39, 0.29) is 16.6 Å². The van der Waals surface area contributed by atoms with Gasteiger partial charge in [-0.2, -0.15) is 0 Å². The lowest BCUT2D eigenvalue weighted by atomic mass is 10.1. The summed E-state index contributed by atoms with van der Waals surface area (Å²) in [5, 5.41) is 0.309. The van der Waals surface area contributed by atoms with Gasteiger partial charge >= 0.3 is 0 Å². The van der Waals surface area contributed by atoms with E-state index in [1.165, 1.54) is 19.2 Å². The number of rotatable bonds is 4. The molecular weight excluding hydrogens is 296 g/mol. The lowest BCUT2D eigenvalue weighted by Crippen LogP contribution is -2.03. The van der Waals surface area contributed by atoms with Crippen LogP contribution in [-0.2, 0) is 0 Å². The Morgan fingerprint density at radius 2 is 1.65 bits per heavy atom. The molecule has 0 unspecified atom stereocenters. The molecule has 0 aliphatic carbocycles. The summed E-state index contributed by atoms with van der Waals surface area (Å²) >= 11 is 0. The maximum Gasteiger partial charge on any atom is 0.193 e. The van der Waals surface area contributed by atoms with Crippen LogP contribution in [0.2, 0.25) is 0 Å². The van der Waals surface area contributed by atoms with Crippen molar-refractivity contribution < 1.29 is 18.7 Å². The average molecular weight is 310 g/mol. The fourth-order valence-corrected chi connectivity index (χ4v) is 2.36. The van der Waals surface area contributed by atoms with E-state index in [4.69, 9.17) is 13.9 Å². The van der Waals surface area contributed by atoms with E-state index in [1.807, 2.05) is 0 Å². The number of fused-ring (bicyclic) bond motifs is 1. The number of benzene rings is 2. The highest BCUT2D eigenvalue weighted by atomic mass is 16.5. The molecule has 23 heavy (non-hydrogen) atoms. The van der Waals surface area contributed by atoms with E-state index in [0.717, 1.165) is 5.56 Å². The largest absolute Gasteiger partial charge is 0.497 e. The minimum atomic E-state index is -0.237. The van der Waals surface area contributed by atoms with Crippen LogP contribution < -0.4 is 14.9 Å². The smallest absolute Gasteiger partial charge is 0.193 e. The maximum atomic E-state index is 12.4. The molecule has 1 heterocycles. The van der Waals surface area contributed by atoms with Crippen molar-refractivity contribution in [2.24, 2.45) is 0 Å². The average Bonchev–Trinajstić information content (AvgIpc) is 2.61. The number of carbonyl (C=O) groups is 1. The molecule has 3 rings (SSSR count). The summed E-state index contributed by atoms with van der Waals surface area (Å²) in [5.74, 6) is 1.53. The van der Waals surface area contributed by atoms with Gasteiger partial charge in [0.25, 0.3) is 0 Å². The third-order valence-electron chi connectivity index (χ3n) is 3.57. The fourth-order valence-electron chi connectivity index (χ4n) is 2.36. The van der Waals surface area contributed by atoms with Crippen LogP contribution in [-0.4, -0.2) is 20.5 Å². The van der Waals surface area contributed by atoms with Crippen LogP contribution in [0, 0.1) is 0 Å². The minimum Gasteiger partial charge on any atom is -0.497 e. The maximum absolute atomic E-state index is 12.4. The van der Waals surface area contributed by atoms with Crippen molar-refractivity contribution in [1.29, 1.82) is 0 Å². The first-order valence-corrected chi connectivity index (χ1v) is 6.91. The molecule has 0 saturated carbocycles. The second-order valence-electron chi connectivity index (χ2n) is 4.91. The molecule has 5 nitrogen and oxygen atoms in total. The summed E-state index contributed by atoms with van der Waals surface area (Å²) in [7, 11) is 3.05. The van der Waals surface area contributed by atoms with Gasteiger partial charge in [-0.25, -0.2) is 0 Å². The number of methoxy groups -OCH3 is 2. The Hall–Kier alpha value is -3.08. The molecule has 3 aromatic rings. The van der Waals surface area contributed by atoms with Gasteiger partial charge in [0.15, 0.2) is 11.7 Å². The molecule has 0 saturated heterocycles. The summed E-state index contributed by atoms with van der Waals surface area (Å²) < 4.78 is 16.0. The van der Waals surface area contributed by atoms with Crippen LogP contribution in [0.1, 0.15) is 10.4 Å². The molecule has 0 bridgehead atoms. The second-order valence-corrected chi connectivity index (χ2v) is 4.91. The molecule has 0 aliphatic heterocycles. The fraction of sp³-hybridized carbons (Fsp3) is 0.111. The van der Waals surface area contributed by atoms with Crippen molar-refractivity contribution >= 4 is 17.3 Å². The lowest BCUT2D eigenvalue weighted by Gasteiger charge is -2.07. The molecule has 0 radical (unpaired) electrons. The molecule has 1 aromatic heterocycles. The monoisotopic (exact) mass is 310 g/mol. The van der Waals surface area contributed by atoms with E-state index in [0.29, 0.717) is 28.9 Å². The van der Waals surface area contributed by atoms with Gasteiger partial charge in [-0.15, -0.1) is 0 Å². The highest BCUT2D eigenvalue weighted by Gasteiger charge is 2.12. The highest BCUT2D eigenvalue weighted by Crippen LogP contribution is 2.28. The Morgan fingerprint density at radius 3 is 2.26 bits per heavy atom. The number of aldehydes is 1. The van der Waals surface area contributed by atoms with Gasteiger partial charge < -0.3 is 13.9 Å². The van der Waals surface area contributed by atoms with Crippen LogP contribution in [0.5, 0.6) is 11.5 Å². The van der Waals surface area contributed by atoms with Crippen molar-refractivity contribution in [3.05, 3.63) is 58.3 Å². The molecule has 0 atom stereocenters. The first-order chi connectivity index (χ1) is 11.2. The van der Waals surface area contributed by atoms with E-state index in [2.05, 4.69) is 0 Å². The molecular formula is C18H14O5. The number of hydrogen-bond donors (Lipinski definition) is 0. The summed E-state index contributed by atoms with van der Waals surface area (Å²) in [4.78, 5) is 23.7. The Kier molecular flexibility index (Phi) is 3.85. The zero-order chi connectivity index (χ0) is 16.4. The molecule has 116 valence electrons. The zero-order valence-corrected chi connectivity index (χ0v) is 12.7. The Balaban J connectivity index is 2.23. The van der Waals surface area contributed by atoms with Crippen molar-refractivity contribution in [3.63, 3.8) is 0 Å². The van der Waals surface area contributed by atoms with Crippen molar-refractivity contribution in [3.8, 4) is 22.8 Å². The van der Waals surface area contributed by atoms with E-state index >= 15 is 0 Å². The van der Waals surface area contributed by atoms with Gasteiger partial charge in [0.1, 0.15) is 22.8 Å². The van der Waals surface area contributed by atoms with Gasteiger partial charge in [0, 0.05) is 11.6 Å². The minimum absolute atomic E-state index is 0.237. The molecule has 5 heteroatoms. The van der Waals surface area contributed by atoms with Crippen LogP contribution >= 0.6 is 0 Å². The van der Waals surface area contributed by atoms with E-state index in [1.54, 1.807) is 37.4 Å². The Bertz CT molecular complexity index is 923. The summed E-state index contributed by atoms with van der Waals surface area (Å²) in [6, 6.07) is 11.6. The third-order valence-corrected chi connectivity index (χ3v) is 3.57. The van der Waals surface area contributed by atoms with Crippen LogP contribution in [0.15, 0.2) is 51.7 Å². The molecule has 0 N–H and O–H groups in total. The molecule has 0 spiro atoms. The first-order valence-electron chi connectivity index (χ1n) is 6.91. The second kappa shape index (κ2) is 5.96. The quantitative estimate of drug-likeness (QED) is 0.692. The van der Waals surface area contributed by atoms with Crippen molar-refractivity contribution in [2.75, 3.05) is 14.2 Å². The summed E-state index contributed by atoms with van der Waals surface area (Å²) in [6.45, 7) is 0. The van der Waals surface area contributed by atoms with Gasteiger partial charge in [0.2, 0.25) is 0 Å². The normalized spacial score (nSPS) is 10.5. The number of ether oxygens (including phenoxy) is 2. The van der Waals surface area contributed by atoms with Gasteiger partial charge in [0.05, 0.1) is 25.2 Å². The number of carbonyl (C=O) groups excluding carboxylic acids is 1. The molecule has 2 aromatic carbocycles. The summed E-state index contributed by atoms with van der Waals surface area (Å²) in [5.41, 5.74) is 1.00. The number of hydrogen-bond acceptors (Lipinski definition) is 5. The van der Waals surface area contributed by atoms with Crippen LogP contribution in [0.4, 0.5) is 0 Å². The van der Waals surface area contributed by atoms with Gasteiger partial charge in [-0.3, -0.25) is 9.59 Å². The Labute approximate surface area is 132 Å². The standard InChI is InChI=1S/C18H14O5/c1-21-13-5-3-11(4-6-13)17-9-16(20)15-8-14(22-2)7-12(10-19)18(15)23-17/h3-10H,1-2H3. The predicted octanol–water partition coefficient (Wildman–Crippen LogP) is 3.29. The van der Waals surface area contributed by atoms with Gasteiger partial charge in [-0.05, 0) is 36.4 Å². The summed E-state index contributed by atoms with van der Waals surface area (Å²) in [6.07, 6.45) is 0.644. The molecule has 0 fully saturated rings. The van der Waals surface area contributed by atoms with Crippen LogP contribution in [0.25, 0.3) is 22.3 Å². The lowest BCUT2D eigenvalue weighted by molar-refractivity contribution is 0.112. The topological polar surface area (TPSA) is 65.7 Å². The zero-order valence-electron chi connectivity index (χ0n) is 12.7. The van der Waals surface area contributed by atoms with Crippen molar-refractivity contribution in [2.45, 2.75) is 0 Å². The third kappa shape index (κ3) is 2.68. The molecule has 0 amide bonds. The molecule has 0 aliphatic rings. The van der Waals surface area contributed by atoms with Gasteiger partial charge in [-0.1, -0.05) is 0 Å². The predicted molar refractivity (Wildman–Crippen MR) is 86.4 cm³/mol. The van der Waals surface area contributed by atoms with Crippen LogP contribution in [0.3, 0.4) is 0 Å². The van der Waals surface area contributed by atoms with E-state index < -0.39 is 0 Å². The Morgan fingerprint density at radius 1 is 0.957 bits per heavy atom. The first kappa shape index (κ1) is 14.8. The SMILES string of the molecule is COc1ccc(-c2cc(=O)c3cc(OC)cc(C=O)c3o2)cc1. The van der Waals surface area contributed by atoms with E-state index in [9.17, 15) is 9.59 Å². The van der Waals surface area contributed by atoms with Crippen molar-refractivity contribution in [1.82, 2.24) is 0 Å². The highest BCUT2D eigenvalue weighted by molar-refractivity contribution is 5.96.